The van der Waals surface area contributed by atoms with Crippen LogP contribution in [0.25, 0.3) is 0 Å². The first-order chi connectivity index (χ1) is 8.93. The lowest BCUT2D eigenvalue weighted by Gasteiger charge is -2.19. The molecule has 2 rings (SSSR count). The predicted octanol–water partition coefficient (Wildman–Crippen LogP) is -0.410. The van der Waals surface area contributed by atoms with E-state index >= 15 is 0 Å². The molecule has 0 aliphatic carbocycles. The van der Waals surface area contributed by atoms with Crippen molar-refractivity contribution in [3.05, 3.63) is 22.2 Å². The van der Waals surface area contributed by atoms with Crippen LogP contribution in [-0.2, 0) is 4.74 Å². The van der Waals surface area contributed by atoms with Gasteiger partial charge in [-0.15, -0.1) is 0 Å². The Bertz CT molecular complexity index is 514. The number of rotatable bonds is 3. The van der Waals surface area contributed by atoms with Gasteiger partial charge in [-0.2, -0.15) is 4.98 Å². The number of hydrogen-bond acceptors (Lipinski definition) is 6. The second-order valence-electron chi connectivity index (χ2n) is 5.06. The molecule has 106 valence electrons. The maximum Gasteiger partial charge on any atom is 0.351 e. The van der Waals surface area contributed by atoms with E-state index in [1.54, 1.807) is 6.20 Å². The van der Waals surface area contributed by atoms with Gasteiger partial charge in [0.1, 0.15) is 11.9 Å². The van der Waals surface area contributed by atoms with Crippen LogP contribution in [0.4, 0.5) is 5.82 Å². The number of nitrogens with zero attached hydrogens (tertiary/aromatic N) is 2. The summed E-state index contributed by atoms with van der Waals surface area (Å²) in [7, 11) is 0. The fraction of sp³-hybridized carbons (Fsp3) is 0.667. The lowest BCUT2D eigenvalue weighted by atomic mass is 10.1. The maximum absolute atomic E-state index is 11.9. The first-order valence-electron chi connectivity index (χ1n) is 6.27. The van der Waals surface area contributed by atoms with Gasteiger partial charge in [-0.1, -0.05) is 13.8 Å². The zero-order valence-electron chi connectivity index (χ0n) is 11.0. The average Bonchev–Trinajstić information content (AvgIpc) is 2.70. The van der Waals surface area contributed by atoms with Crippen LogP contribution in [0.15, 0.2) is 11.0 Å². The molecule has 1 saturated heterocycles. The van der Waals surface area contributed by atoms with Crippen LogP contribution in [0.2, 0.25) is 0 Å². The first-order valence-corrected chi connectivity index (χ1v) is 6.27. The molecule has 0 saturated carbocycles. The van der Waals surface area contributed by atoms with Crippen LogP contribution >= 0.6 is 0 Å². The summed E-state index contributed by atoms with van der Waals surface area (Å²) < 4.78 is 6.69. The molecule has 0 radical (unpaired) electrons. The molecule has 0 bridgehead atoms. The summed E-state index contributed by atoms with van der Waals surface area (Å²) in [5.74, 6) is 0.300. The summed E-state index contributed by atoms with van der Waals surface area (Å²) in [5, 5.41) is 19.0. The van der Waals surface area contributed by atoms with E-state index in [0.29, 0.717) is 0 Å². The van der Waals surface area contributed by atoms with Crippen molar-refractivity contribution < 1.29 is 14.9 Å². The van der Waals surface area contributed by atoms with Crippen molar-refractivity contribution in [2.24, 2.45) is 0 Å². The van der Waals surface area contributed by atoms with E-state index in [4.69, 9.17) is 15.6 Å². The van der Waals surface area contributed by atoms with Crippen LogP contribution in [0.1, 0.15) is 38.0 Å². The molecule has 0 aromatic carbocycles. The Labute approximate surface area is 110 Å². The summed E-state index contributed by atoms with van der Waals surface area (Å²) in [6, 6.07) is 0. The lowest BCUT2D eigenvalue weighted by Crippen LogP contribution is -2.33. The molecule has 1 fully saturated rings. The Morgan fingerprint density at radius 3 is 2.84 bits per heavy atom. The van der Waals surface area contributed by atoms with E-state index in [-0.39, 0.29) is 24.8 Å². The van der Waals surface area contributed by atoms with Crippen LogP contribution < -0.4 is 11.4 Å². The van der Waals surface area contributed by atoms with E-state index in [1.165, 1.54) is 4.57 Å². The van der Waals surface area contributed by atoms with Gasteiger partial charge >= 0.3 is 5.69 Å². The summed E-state index contributed by atoms with van der Waals surface area (Å²) >= 11 is 0. The molecule has 1 aliphatic heterocycles. The quantitative estimate of drug-likeness (QED) is 0.688. The second kappa shape index (κ2) is 5.28. The Hall–Kier alpha value is -1.44. The SMILES string of the molecule is CC(C)c1cn([C@@H]2O[C@H](CO)C[C@H]2O)c(=O)nc1N. The predicted molar refractivity (Wildman–Crippen MR) is 68.6 cm³/mol. The molecule has 1 aliphatic rings. The van der Waals surface area contributed by atoms with Crippen molar-refractivity contribution >= 4 is 5.82 Å². The summed E-state index contributed by atoms with van der Waals surface area (Å²) in [4.78, 5) is 15.6. The summed E-state index contributed by atoms with van der Waals surface area (Å²) in [6.07, 6.45) is -0.277. The largest absolute Gasteiger partial charge is 0.394 e. The Balaban J connectivity index is 2.40. The van der Waals surface area contributed by atoms with Gasteiger partial charge in [0.2, 0.25) is 0 Å². The van der Waals surface area contributed by atoms with E-state index in [2.05, 4.69) is 4.98 Å². The molecule has 3 atom stereocenters. The number of hydrogen-bond donors (Lipinski definition) is 3. The number of nitrogens with two attached hydrogens (primary N) is 1. The molecular formula is C12H19N3O4. The van der Waals surface area contributed by atoms with Crippen LogP contribution in [-0.4, -0.2) is 38.6 Å². The normalized spacial score (nSPS) is 27.1. The fourth-order valence-corrected chi connectivity index (χ4v) is 2.22. The van der Waals surface area contributed by atoms with Crippen molar-refractivity contribution in [3.63, 3.8) is 0 Å². The van der Waals surface area contributed by atoms with Crippen molar-refractivity contribution in [2.45, 2.75) is 44.6 Å². The molecule has 0 amide bonds. The van der Waals surface area contributed by atoms with E-state index in [9.17, 15) is 9.90 Å². The van der Waals surface area contributed by atoms with E-state index in [1.807, 2.05) is 13.8 Å². The van der Waals surface area contributed by atoms with E-state index < -0.39 is 24.1 Å². The molecule has 0 spiro atoms. The Morgan fingerprint density at radius 2 is 2.32 bits per heavy atom. The third-order valence-electron chi connectivity index (χ3n) is 3.28. The van der Waals surface area contributed by atoms with Crippen LogP contribution in [0.5, 0.6) is 0 Å². The number of anilines is 1. The highest BCUT2D eigenvalue weighted by Crippen LogP contribution is 2.28. The highest BCUT2D eigenvalue weighted by atomic mass is 16.5. The molecule has 1 aromatic rings. The molecule has 7 nitrogen and oxygen atoms in total. The van der Waals surface area contributed by atoms with Crippen LogP contribution in [0, 0.1) is 0 Å². The fourth-order valence-electron chi connectivity index (χ4n) is 2.22. The Morgan fingerprint density at radius 1 is 1.63 bits per heavy atom. The topological polar surface area (TPSA) is 111 Å². The van der Waals surface area contributed by atoms with Crippen molar-refractivity contribution in [3.8, 4) is 0 Å². The second-order valence-corrected chi connectivity index (χ2v) is 5.06. The highest BCUT2D eigenvalue weighted by Gasteiger charge is 2.35. The van der Waals surface area contributed by atoms with Gasteiger partial charge in [0.05, 0.1) is 12.7 Å². The third-order valence-corrected chi connectivity index (χ3v) is 3.28. The third kappa shape index (κ3) is 2.63. The molecular weight excluding hydrogens is 250 g/mol. The minimum atomic E-state index is -0.847. The van der Waals surface area contributed by atoms with Gasteiger partial charge in [0, 0.05) is 18.2 Å². The monoisotopic (exact) mass is 269 g/mol. The van der Waals surface area contributed by atoms with Gasteiger partial charge in [-0.05, 0) is 5.92 Å². The van der Waals surface area contributed by atoms with Gasteiger partial charge in [-0.25, -0.2) is 4.79 Å². The molecule has 2 heterocycles. The summed E-state index contributed by atoms with van der Waals surface area (Å²) in [6.45, 7) is 3.68. The molecule has 1 aromatic heterocycles. The van der Waals surface area contributed by atoms with Crippen molar-refractivity contribution in [1.82, 2.24) is 9.55 Å². The molecule has 0 unspecified atom stereocenters. The maximum atomic E-state index is 11.9. The minimum absolute atomic E-state index is 0.103. The van der Waals surface area contributed by atoms with E-state index in [0.717, 1.165) is 5.56 Å². The smallest absolute Gasteiger partial charge is 0.351 e. The molecule has 19 heavy (non-hydrogen) atoms. The van der Waals surface area contributed by atoms with Gasteiger partial charge in [0.25, 0.3) is 0 Å². The van der Waals surface area contributed by atoms with Crippen molar-refractivity contribution in [2.75, 3.05) is 12.3 Å². The number of nitrogen functional groups attached to an aromatic ring is 1. The summed E-state index contributed by atoms with van der Waals surface area (Å²) in [5.41, 5.74) is 5.87. The van der Waals surface area contributed by atoms with Gasteiger partial charge in [0.15, 0.2) is 6.23 Å². The molecule has 4 N–H and O–H groups in total. The number of aliphatic hydroxyl groups is 2. The zero-order valence-corrected chi connectivity index (χ0v) is 11.0. The number of aromatic nitrogens is 2. The Kier molecular flexibility index (Phi) is 3.88. The number of aliphatic hydroxyl groups excluding tert-OH is 2. The zero-order chi connectivity index (χ0) is 14.2. The van der Waals surface area contributed by atoms with Gasteiger partial charge in [-0.3, -0.25) is 4.57 Å². The van der Waals surface area contributed by atoms with Crippen molar-refractivity contribution in [1.29, 1.82) is 0 Å². The number of ether oxygens (including phenoxy) is 1. The lowest BCUT2D eigenvalue weighted by molar-refractivity contribution is -0.0530. The average molecular weight is 269 g/mol. The standard InChI is InChI=1S/C12H19N3O4/c1-6(2)8-4-15(12(18)14-10(8)13)11-9(17)3-7(5-16)19-11/h4,6-7,9,11,16-17H,3,5H2,1-2H3,(H2,13,14,18)/t7-,9+,11+/m0/s1. The van der Waals surface area contributed by atoms with Crippen LogP contribution in [0.3, 0.4) is 0 Å². The highest BCUT2D eigenvalue weighted by molar-refractivity contribution is 5.39. The molecule has 7 heteroatoms. The van der Waals surface area contributed by atoms with Gasteiger partial charge < -0.3 is 20.7 Å². The first kappa shape index (κ1) is 14.0. The minimum Gasteiger partial charge on any atom is -0.394 e.